The number of halogens is 2. The van der Waals surface area contributed by atoms with Gasteiger partial charge in [-0.1, -0.05) is 43.1 Å². The SMILES string of the molecule is CC(C)C(Cn1cncn1)c1ccc(Cl)cc1Cl. The summed E-state index contributed by atoms with van der Waals surface area (Å²) in [5.74, 6) is 0.740. The van der Waals surface area contributed by atoms with Gasteiger partial charge in [0.15, 0.2) is 0 Å². The zero-order chi connectivity index (χ0) is 13.1. The highest BCUT2D eigenvalue weighted by atomic mass is 35.5. The minimum Gasteiger partial charge on any atom is -0.252 e. The molecule has 0 amide bonds. The van der Waals surface area contributed by atoms with Gasteiger partial charge in [-0.3, -0.25) is 4.68 Å². The second-order valence-electron chi connectivity index (χ2n) is 4.63. The number of hydrogen-bond donors (Lipinski definition) is 0. The third kappa shape index (κ3) is 3.03. The van der Waals surface area contributed by atoms with E-state index in [1.807, 2.05) is 16.8 Å². The van der Waals surface area contributed by atoms with Gasteiger partial charge in [-0.2, -0.15) is 5.10 Å². The van der Waals surface area contributed by atoms with Crippen molar-refractivity contribution in [2.45, 2.75) is 26.3 Å². The summed E-state index contributed by atoms with van der Waals surface area (Å²) in [5, 5.41) is 5.52. The molecule has 0 N–H and O–H groups in total. The quantitative estimate of drug-likeness (QED) is 0.848. The minimum absolute atomic E-state index is 0.288. The monoisotopic (exact) mass is 283 g/mol. The number of rotatable bonds is 4. The van der Waals surface area contributed by atoms with Gasteiger partial charge in [-0.25, -0.2) is 4.98 Å². The number of aromatic nitrogens is 3. The van der Waals surface area contributed by atoms with Crippen molar-refractivity contribution in [3.05, 3.63) is 46.5 Å². The van der Waals surface area contributed by atoms with Gasteiger partial charge in [0, 0.05) is 22.5 Å². The second kappa shape index (κ2) is 5.72. The highest BCUT2D eigenvalue weighted by Gasteiger charge is 2.19. The van der Waals surface area contributed by atoms with Crippen LogP contribution in [0.4, 0.5) is 0 Å². The molecule has 0 fully saturated rings. The van der Waals surface area contributed by atoms with Gasteiger partial charge < -0.3 is 0 Å². The lowest BCUT2D eigenvalue weighted by Gasteiger charge is -2.22. The van der Waals surface area contributed by atoms with Crippen molar-refractivity contribution >= 4 is 23.2 Å². The summed E-state index contributed by atoms with van der Waals surface area (Å²) < 4.78 is 1.83. The summed E-state index contributed by atoms with van der Waals surface area (Å²) in [4.78, 5) is 3.96. The highest BCUT2D eigenvalue weighted by molar-refractivity contribution is 6.35. The maximum absolute atomic E-state index is 6.28. The summed E-state index contributed by atoms with van der Waals surface area (Å²) in [5.41, 5.74) is 1.10. The molecule has 0 radical (unpaired) electrons. The first-order chi connectivity index (χ1) is 8.58. The Kier molecular flexibility index (Phi) is 4.25. The summed E-state index contributed by atoms with van der Waals surface area (Å²) in [6.45, 7) is 5.11. The third-order valence-corrected chi connectivity index (χ3v) is 3.58. The summed E-state index contributed by atoms with van der Waals surface area (Å²) in [7, 11) is 0. The first-order valence-electron chi connectivity index (χ1n) is 5.85. The maximum Gasteiger partial charge on any atom is 0.137 e. The molecule has 96 valence electrons. The molecule has 5 heteroatoms. The van der Waals surface area contributed by atoms with Gasteiger partial charge >= 0.3 is 0 Å². The minimum atomic E-state index is 0.288. The van der Waals surface area contributed by atoms with Gasteiger partial charge in [-0.15, -0.1) is 0 Å². The van der Waals surface area contributed by atoms with Crippen LogP contribution >= 0.6 is 23.2 Å². The van der Waals surface area contributed by atoms with E-state index in [-0.39, 0.29) is 5.92 Å². The van der Waals surface area contributed by atoms with Crippen molar-refractivity contribution in [2.24, 2.45) is 5.92 Å². The molecule has 0 aliphatic heterocycles. The average molecular weight is 284 g/mol. The van der Waals surface area contributed by atoms with Crippen LogP contribution in [0.25, 0.3) is 0 Å². The van der Waals surface area contributed by atoms with Crippen LogP contribution in [0, 0.1) is 5.92 Å². The van der Waals surface area contributed by atoms with Crippen molar-refractivity contribution in [2.75, 3.05) is 0 Å². The van der Waals surface area contributed by atoms with Crippen LogP contribution in [0.3, 0.4) is 0 Å². The molecular weight excluding hydrogens is 269 g/mol. The second-order valence-corrected chi connectivity index (χ2v) is 5.48. The van der Waals surface area contributed by atoms with Gasteiger partial charge in [-0.05, 0) is 23.6 Å². The molecule has 0 aliphatic carbocycles. The number of benzene rings is 1. The molecule has 1 heterocycles. The van der Waals surface area contributed by atoms with Crippen LogP contribution in [0.1, 0.15) is 25.3 Å². The Morgan fingerprint density at radius 1 is 1.28 bits per heavy atom. The zero-order valence-electron chi connectivity index (χ0n) is 10.3. The van der Waals surface area contributed by atoms with Gasteiger partial charge in [0.2, 0.25) is 0 Å². The number of nitrogens with zero attached hydrogens (tertiary/aromatic N) is 3. The van der Waals surface area contributed by atoms with Crippen LogP contribution in [0.5, 0.6) is 0 Å². The Labute approximate surface area is 117 Å². The zero-order valence-corrected chi connectivity index (χ0v) is 11.9. The highest BCUT2D eigenvalue weighted by Crippen LogP contribution is 2.33. The normalized spacial score (nSPS) is 12.9. The third-order valence-electron chi connectivity index (χ3n) is 3.02. The molecule has 0 bridgehead atoms. The van der Waals surface area contributed by atoms with E-state index in [1.54, 1.807) is 18.7 Å². The summed E-state index contributed by atoms with van der Waals surface area (Å²) >= 11 is 12.2. The topological polar surface area (TPSA) is 30.7 Å². The molecule has 0 spiro atoms. The molecule has 3 nitrogen and oxygen atoms in total. The van der Waals surface area contributed by atoms with E-state index in [0.29, 0.717) is 16.0 Å². The first-order valence-corrected chi connectivity index (χ1v) is 6.61. The fourth-order valence-corrected chi connectivity index (χ4v) is 2.55. The van der Waals surface area contributed by atoms with E-state index in [0.717, 1.165) is 12.1 Å². The lowest BCUT2D eigenvalue weighted by atomic mass is 9.88. The van der Waals surface area contributed by atoms with E-state index >= 15 is 0 Å². The van der Waals surface area contributed by atoms with E-state index in [4.69, 9.17) is 23.2 Å². The predicted octanol–water partition coefficient (Wildman–Crippen LogP) is 4.02. The maximum atomic E-state index is 6.28. The van der Waals surface area contributed by atoms with Gasteiger partial charge in [0.25, 0.3) is 0 Å². The molecule has 1 unspecified atom stereocenters. The molecule has 2 rings (SSSR count). The Balaban J connectivity index is 2.29. The lowest BCUT2D eigenvalue weighted by molar-refractivity contribution is 0.414. The Morgan fingerprint density at radius 2 is 2.06 bits per heavy atom. The van der Waals surface area contributed by atoms with E-state index < -0.39 is 0 Å². The fraction of sp³-hybridized carbons (Fsp3) is 0.385. The van der Waals surface area contributed by atoms with Gasteiger partial charge in [0.05, 0.1) is 0 Å². The lowest BCUT2D eigenvalue weighted by Crippen LogP contribution is -2.15. The van der Waals surface area contributed by atoms with Crippen molar-refractivity contribution in [3.63, 3.8) is 0 Å². The average Bonchev–Trinajstić information content (AvgIpc) is 2.79. The van der Waals surface area contributed by atoms with Crippen LogP contribution < -0.4 is 0 Å². The van der Waals surface area contributed by atoms with E-state index in [9.17, 15) is 0 Å². The molecule has 1 aromatic heterocycles. The molecule has 0 aliphatic rings. The predicted molar refractivity (Wildman–Crippen MR) is 74.1 cm³/mol. The molecule has 2 aromatic rings. The molecule has 0 saturated carbocycles. The van der Waals surface area contributed by atoms with Crippen molar-refractivity contribution in [3.8, 4) is 0 Å². The molecule has 18 heavy (non-hydrogen) atoms. The van der Waals surface area contributed by atoms with Crippen LogP contribution in [0.2, 0.25) is 10.0 Å². The Bertz CT molecular complexity index is 509. The Hall–Kier alpha value is -1.06. The number of hydrogen-bond acceptors (Lipinski definition) is 2. The largest absolute Gasteiger partial charge is 0.252 e. The fourth-order valence-electron chi connectivity index (χ4n) is 2.00. The van der Waals surface area contributed by atoms with Crippen LogP contribution in [-0.2, 0) is 6.54 Å². The summed E-state index contributed by atoms with van der Waals surface area (Å²) in [6, 6.07) is 5.65. The standard InChI is InChI=1S/C13H15Cl2N3/c1-9(2)12(6-18-8-16-7-17-18)11-4-3-10(14)5-13(11)15/h3-5,7-9,12H,6H2,1-2H3. The molecular formula is C13H15Cl2N3. The van der Waals surface area contributed by atoms with Crippen LogP contribution in [0.15, 0.2) is 30.9 Å². The van der Waals surface area contributed by atoms with E-state index in [2.05, 4.69) is 23.9 Å². The molecule has 1 atom stereocenters. The first kappa shape index (κ1) is 13.4. The molecule has 1 aromatic carbocycles. The van der Waals surface area contributed by atoms with Crippen molar-refractivity contribution in [1.82, 2.24) is 14.8 Å². The summed E-state index contributed by atoms with van der Waals surface area (Å²) in [6.07, 6.45) is 3.26. The molecule has 0 saturated heterocycles. The van der Waals surface area contributed by atoms with E-state index in [1.165, 1.54) is 0 Å². The smallest absolute Gasteiger partial charge is 0.137 e. The van der Waals surface area contributed by atoms with Crippen molar-refractivity contribution in [1.29, 1.82) is 0 Å². The van der Waals surface area contributed by atoms with Crippen molar-refractivity contribution < 1.29 is 0 Å². The Morgan fingerprint density at radius 3 is 2.61 bits per heavy atom. The van der Waals surface area contributed by atoms with Crippen LogP contribution in [-0.4, -0.2) is 14.8 Å². The van der Waals surface area contributed by atoms with Gasteiger partial charge in [0.1, 0.15) is 12.7 Å².